The summed E-state index contributed by atoms with van der Waals surface area (Å²) in [7, 11) is -3.46. The number of sulfonamides is 1. The second-order valence-electron chi connectivity index (χ2n) is 8.64. The predicted octanol–water partition coefficient (Wildman–Crippen LogP) is 4.46. The van der Waals surface area contributed by atoms with Crippen molar-refractivity contribution in [1.29, 1.82) is 0 Å². The van der Waals surface area contributed by atoms with Gasteiger partial charge in [0.05, 0.1) is 10.6 Å². The summed E-state index contributed by atoms with van der Waals surface area (Å²) in [6, 6.07) is 20.1. The number of H-pyrrole nitrogens is 1. The van der Waals surface area contributed by atoms with Gasteiger partial charge in [0.25, 0.3) is 10.0 Å². The Morgan fingerprint density at radius 3 is 2.45 bits per heavy atom. The molecule has 0 spiro atoms. The fourth-order valence-corrected chi connectivity index (χ4v) is 6.85. The van der Waals surface area contributed by atoms with Gasteiger partial charge in [0.1, 0.15) is 0 Å². The van der Waals surface area contributed by atoms with Crippen molar-refractivity contribution in [2.45, 2.75) is 11.3 Å². The number of hydrogen-bond donors (Lipinski definition) is 1. The Kier molecular flexibility index (Phi) is 5.72. The van der Waals surface area contributed by atoms with Gasteiger partial charge in [0.2, 0.25) is 0 Å². The molecule has 0 bridgehead atoms. The normalized spacial score (nSPS) is 17.6. The molecule has 8 heteroatoms. The molecular formula is C25H27ClN4O2S. The average Bonchev–Trinajstić information content (AvgIpc) is 3.37. The van der Waals surface area contributed by atoms with Crippen molar-refractivity contribution < 1.29 is 8.42 Å². The van der Waals surface area contributed by atoms with Crippen LogP contribution in [-0.4, -0.2) is 57.6 Å². The molecule has 0 saturated carbocycles. The number of fused-ring (bicyclic) bond motifs is 1. The van der Waals surface area contributed by atoms with Gasteiger partial charge >= 0.3 is 0 Å². The second kappa shape index (κ2) is 8.56. The molecule has 0 unspecified atom stereocenters. The number of nitrogens with one attached hydrogen (secondary N) is 1. The van der Waals surface area contributed by atoms with E-state index < -0.39 is 10.0 Å². The molecule has 6 nitrogen and oxygen atoms in total. The molecule has 1 N–H and O–H groups in total. The molecule has 0 aliphatic carbocycles. The first-order valence-corrected chi connectivity index (χ1v) is 12.6. The van der Waals surface area contributed by atoms with Crippen LogP contribution in [0.25, 0.3) is 21.7 Å². The SMILES string of the molecule is Cl.O=S1(=O)c2cccc3cccc(c23)N1CCCN1CCN(c2ccc3[nH]ccc3c2)CC1. The van der Waals surface area contributed by atoms with E-state index in [0.29, 0.717) is 11.4 Å². The van der Waals surface area contributed by atoms with Gasteiger partial charge < -0.3 is 9.88 Å². The van der Waals surface area contributed by atoms with Crippen molar-refractivity contribution >= 4 is 55.5 Å². The van der Waals surface area contributed by atoms with Gasteiger partial charge in [-0.3, -0.25) is 9.21 Å². The number of benzene rings is 3. The number of piperazine rings is 1. The first-order valence-electron chi connectivity index (χ1n) is 11.2. The largest absolute Gasteiger partial charge is 0.369 e. The van der Waals surface area contributed by atoms with Crippen molar-refractivity contribution in [2.24, 2.45) is 0 Å². The topological polar surface area (TPSA) is 59.7 Å². The highest BCUT2D eigenvalue weighted by Crippen LogP contribution is 2.41. The number of anilines is 2. The molecule has 0 amide bonds. The van der Waals surface area contributed by atoms with Crippen molar-refractivity contribution in [3.8, 4) is 0 Å². The van der Waals surface area contributed by atoms with Crippen molar-refractivity contribution in [3.05, 3.63) is 66.9 Å². The molecule has 33 heavy (non-hydrogen) atoms. The molecular weight excluding hydrogens is 456 g/mol. The van der Waals surface area contributed by atoms with E-state index in [9.17, 15) is 8.42 Å². The summed E-state index contributed by atoms with van der Waals surface area (Å²) in [5.74, 6) is 0. The van der Waals surface area contributed by atoms with E-state index in [1.807, 2.05) is 36.5 Å². The molecule has 3 aromatic carbocycles. The molecule has 0 atom stereocenters. The van der Waals surface area contributed by atoms with Gasteiger partial charge in [-0.25, -0.2) is 8.42 Å². The Hall–Kier alpha value is -2.74. The predicted molar refractivity (Wildman–Crippen MR) is 137 cm³/mol. The zero-order chi connectivity index (χ0) is 21.7. The Morgan fingerprint density at radius 2 is 1.64 bits per heavy atom. The fourth-order valence-electron chi connectivity index (χ4n) is 5.10. The third-order valence-electron chi connectivity index (χ3n) is 6.79. The van der Waals surface area contributed by atoms with Crippen LogP contribution in [-0.2, 0) is 10.0 Å². The van der Waals surface area contributed by atoms with E-state index in [-0.39, 0.29) is 12.4 Å². The number of rotatable bonds is 5. The third-order valence-corrected chi connectivity index (χ3v) is 8.65. The lowest BCUT2D eigenvalue weighted by molar-refractivity contribution is 0.256. The molecule has 1 fully saturated rings. The van der Waals surface area contributed by atoms with E-state index >= 15 is 0 Å². The maximum atomic E-state index is 13.1. The van der Waals surface area contributed by atoms with Crippen LogP contribution < -0.4 is 9.21 Å². The standard InChI is InChI=1S/C25H26N4O2S.ClH/c30-32(31)24-7-2-5-19-4-1-6-23(25(19)24)29(32)13-3-12-27-14-16-28(17-15-27)21-8-9-22-20(18-21)10-11-26-22;/h1-2,4-11,18,26H,3,12-17H2;1H. The monoisotopic (exact) mass is 482 g/mol. The number of aromatic amines is 1. The average molecular weight is 483 g/mol. The van der Waals surface area contributed by atoms with Crippen LogP contribution in [0.2, 0.25) is 0 Å². The lowest BCUT2D eigenvalue weighted by atomic mass is 10.1. The summed E-state index contributed by atoms with van der Waals surface area (Å²) >= 11 is 0. The van der Waals surface area contributed by atoms with Crippen LogP contribution in [0.1, 0.15) is 6.42 Å². The fraction of sp³-hybridized carbons (Fsp3) is 0.280. The molecule has 1 aromatic heterocycles. The van der Waals surface area contributed by atoms with E-state index in [4.69, 9.17) is 0 Å². The molecule has 6 rings (SSSR count). The van der Waals surface area contributed by atoms with Crippen LogP contribution in [0.5, 0.6) is 0 Å². The summed E-state index contributed by atoms with van der Waals surface area (Å²) < 4.78 is 27.9. The minimum absolute atomic E-state index is 0. The lowest BCUT2D eigenvalue weighted by Gasteiger charge is -2.36. The maximum absolute atomic E-state index is 13.1. The van der Waals surface area contributed by atoms with Crippen LogP contribution in [0.4, 0.5) is 11.4 Å². The smallest absolute Gasteiger partial charge is 0.265 e. The molecule has 172 valence electrons. The summed E-state index contributed by atoms with van der Waals surface area (Å²) in [6.07, 6.45) is 2.80. The van der Waals surface area contributed by atoms with Gasteiger partial charge in [0, 0.05) is 67.4 Å². The highest BCUT2D eigenvalue weighted by atomic mass is 35.5. The Morgan fingerprint density at radius 1 is 0.848 bits per heavy atom. The molecule has 3 heterocycles. The van der Waals surface area contributed by atoms with Crippen molar-refractivity contribution in [3.63, 3.8) is 0 Å². The molecule has 4 aromatic rings. The van der Waals surface area contributed by atoms with Crippen molar-refractivity contribution in [2.75, 3.05) is 48.5 Å². The highest BCUT2D eigenvalue weighted by Gasteiger charge is 2.35. The number of nitrogens with zero attached hydrogens (tertiary/aromatic N) is 3. The van der Waals surface area contributed by atoms with Crippen LogP contribution in [0.3, 0.4) is 0 Å². The van der Waals surface area contributed by atoms with E-state index in [1.165, 1.54) is 16.6 Å². The maximum Gasteiger partial charge on any atom is 0.265 e. The van der Waals surface area contributed by atoms with E-state index in [1.54, 1.807) is 10.4 Å². The summed E-state index contributed by atoms with van der Waals surface area (Å²) in [4.78, 5) is 8.57. The summed E-state index contributed by atoms with van der Waals surface area (Å²) in [5.41, 5.74) is 3.26. The van der Waals surface area contributed by atoms with Crippen molar-refractivity contribution in [1.82, 2.24) is 9.88 Å². The minimum Gasteiger partial charge on any atom is -0.369 e. The van der Waals surface area contributed by atoms with Gasteiger partial charge in [-0.2, -0.15) is 0 Å². The number of halogens is 1. The Labute approximate surface area is 200 Å². The van der Waals surface area contributed by atoms with Crippen LogP contribution in [0, 0.1) is 0 Å². The summed E-state index contributed by atoms with van der Waals surface area (Å²) in [5, 5.41) is 3.09. The Balaban J connectivity index is 0.00000228. The number of aromatic nitrogens is 1. The van der Waals surface area contributed by atoms with Gasteiger partial charge in [0.15, 0.2) is 0 Å². The quantitative estimate of drug-likeness (QED) is 0.456. The highest BCUT2D eigenvalue weighted by molar-refractivity contribution is 7.93. The molecule has 1 saturated heterocycles. The van der Waals surface area contributed by atoms with Crippen LogP contribution >= 0.6 is 12.4 Å². The van der Waals surface area contributed by atoms with Gasteiger partial charge in [-0.15, -0.1) is 12.4 Å². The van der Waals surface area contributed by atoms with E-state index in [0.717, 1.165) is 55.6 Å². The van der Waals surface area contributed by atoms with Gasteiger partial charge in [-0.1, -0.05) is 24.3 Å². The molecule has 2 aliphatic rings. The van der Waals surface area contributed by atoms with Crippen LogP contribution in [0.15, 0.2) is 71.8 Å². The first kappa shape index (κ1) is 22.1. The third kappa shape index (κ3) is 3.74. The minimum atomic E-state index is -3.46. The first-order chi connectivity index (χ1) is 15.6. The zero-order valence-electron chi connectivity index (χ0n) is 18.3. The van der Waals surface area contributed by atoms with Gasteiger partial charge in [-0.05, 0) is 48.2 Å². The molecule has 2 aliphatic heterocycles. The second-order valence-corrected chi connectivity index (χ2v) is 10.5. The van der Waals surface area contributed by atoms with E-state index in [2.05, 4.69) is 39.0 Å². The zero-order valence-corrected chi connectivity index (χ0v) is 19.9. The lowest BCUT2D eigenvalue weighted by Crippen LogP contribution is -2.47. The Bertz CT molecular complexity index is 1410. The summed E-state index contributed by atoms with van der Waals surface area (Å²) in [6.45, 7) is 5.39. The number of hydrogen-bond acceptors (Lipinski definition) is 4. The molecule has 0 radical (unpaired) electrons.